The normalized spacial score (nSPS) is 15.4. The Kier molecular flexibility index (Phi) is 13.0. The third-order valence-corrected chi connectivity index (χ3v) is 7.50. The van der Waals surface area contributed by atoms with E-state index >= 15 is 0 Å². The lowest BCUT2D eigenvalue weighted by Gasteiger charge is -2.27. The zero-order valence-electron chi connectivity index (χ0n) is 25.5. The molecular formula is C33H52N4O3. The van der Waals surface area contributed by atoms with E-state index in [4.69, 9.17) is 14.2 Å². The lowest BCUT2D eigenvalue weighted by molar-refractivity contribution is 0.0523. The molecule has 0 bridgehead atoms. The lowest BCUT2D eigenvalue weighted by Crippen LogP contribution is -2.37. The number of carbonyl (C=O) groups excluding carboxylic acids is 1. The Morgan fingerprint density at radius 1 is 1.00 bits per heavy atom. The van der Waals surface area contributed by atoms with E-state index in [1.807, 2.05) is 25.7 Å². The molecule has 3 rings (SSSR count). The zero-order valence-corrected chi connectivity index (χ0v) is 25.5. The summed E-state index contributed by atoms with van der Waals surface area (Å²) in [6, 6.07) is 8.41. The molecule has 1 N–H and O–H groups in total. The first-order valence-corrected chi connectivity index (χ1v) is 15.7. The zero-order chi connectivity index (χ0) is 28.8. The number of unbranched alkanes of at least 4 members (excludes halogenated alkanes) is 11. The minimum atomic E-state index is -0.571. The molecule has 0 radical (unpaired) electrons. The summed E-state index contributed by atoms with van der Waals surface area (Å²) in [6.07, 6.45) is 18.9. The van der Waals surface area contributed by atoms with Crippen molar-refractivity contribution in [3.63, 3.8) is 0 Å². The van der Waals surface area contributed by atoms with Crippen molar-refractivity contribution < 1.29 is 14.1 Å². The number of likely N-dealkylation sites (tertiary alicyclic amines) is 1. The van der Waals surface area contributed by atoms with Crippen LogP contribution in [0.4, 0.5) is 4.79 Å². The first kappa shape index (κ1) is 31.7. The maximum absolute atomic E-state index is 12.2. The van der Waals surface area contributed by atoms with Gasteiger partial charge in [-0.15, -0.1) is 0 Å². The number of hydrogen-bond acceptors (Lipinski definition) is 6. The van der Waals surface area contributed by atoms with E-state index in [0.29, 0.717) is 17.5 Å². The van der Waals surface area contributed by atoms with E-state index in [1.54, 1.807) is 0 Å². The van der Waals surface area contributed by atoms with E-state index in [9.17, 15) is 4.79 Å². The number of hydrogen-bond donors (Lipinski definition) is 1. The second kappa shape index (κ2) is 16.4. The number of benzene rings is 1. The third-order valence-electron chi connectivity index (χ3n) is 7.50. The van der Waals surface area contributed by atoms with Crippen LogP contribution in [0.25, 0.3) is 11.4 Å². The molecule has 7 heteroatoms. The molecule has 1 aromatic carbocycles. The van der Waals surface area contributed by atoms with Crippen molar-refractivity contribution in [2.75, 3.05) is 6.54 Å². The molecule has 1 unspecified atom stereocenters. The summed E-state index contributed by atoms with van der Waals surface area (Å²) in [5.74, 6) is 1.61. The molecule has 1 amide bonds. The number of rotatable bonds is 17. The van der Waals surface area contributed by atoms with Crippen LogP contribution in [0.5, 0.6) is 0 Å². The van der Waals surface area contributed by atoms with Crippen LogP contribution < -0.4 is 5.32 Å². The molecule has 2 aromatic rings. The molecule has 222 valence electrons. The molecule has 2 heterocycles. The molecule has 0 saturated carbocycles. The van der Waals surface area contributed by atoms with Gasteiger partial charge in [0.15, 0.2) is 0 Å². The molecule has 0 spiro atoms. The Labute approximate surface area is 242 Å². The lowest BCUT2D eigenvalue weighted by atomic mass is 10.0. The summed E-state index contributed by atoms with van der Waals surface area (Å²) in [6.45, 7) is 12.6. The van der Waals surface area contributed by atoms with Crippen LogP contribution in [0.1, 0.15) is 135 Å². The largest absolute Gasteiger partial charge is 0.444 e. The number of aryl methyl sites for hydroxylation is 1. The van der Waals surface area contributed by atoms with Gasteiger partial charge in [0, 0.05) is 12.1 Å². The average Bonchev–Trinajstić information content (AvgIpc) is 3.59. The predicted molar refractivity (Wildman–Crippen MR) is 162 cm³/mol. The summed E-state index contributed by atoms with van der Waals surface area (Å²) < 4.78 is 11.0. The molecule has 1 fully saturated rings. The maximum Gasteiger partial charge on any atom is 0.413 e. The highest BCUT2D eigenvalue weighted by molar-refractivity contribution is 5.69. The Balaban J connectivity index is 1.38. The number of nitrogens with one attached hydrogen (secondary N) is 1. The van der Waals surface area contributed by atoms with Crippen LogP contribution in [0, 0.1) is 0 Å². The molecule has 1 aliphatic heterocycles. The van der Waals surface area contributed by atoms with Crippen LogP contribution in [0.15, 0.2) is 41.2 Å². The van der Waals surface area contributed by atoms with Crippen LogP contribution in [-0.2, 0) is 11.2 Å². The van der Waals surface area contributed by atoms with Crippen molar-refractivity contribution in [2.45, 2.75) is 136 Å². The van der Waals surface area contributed by atoms with Crippen LogP contribution in [-0.4, -0.2) is 33.3 Å². The molecule has 0 aliphatic carbocycles. The highest BCUT2D eigenvalue weighted by atomic mass is 16.6. The van der Waals surface area contributed by atoms with Gasteiger partial charge in [0.2, 0.25) is 11.7 Å². The quantitative estimate of drug-likeness (QED) is 0.197. The Morgan fingerprint density at radius 2 is 1.60 bits per heavy atom. The first-order valence-electron chi connectivity index (χ1n) is 15.7. The van der Waals surface area contributed by atoms with Gasteiger partial charge in [0.05, 0.1) is 0 Å². The minimum Gasteiger partial charge on any atom is -0.444 e. The SMILES string of the molecule is C=C(NC(=O)OC(C)(C)C)N1CCCC1c1nc(-c2ccc(CCCCCCCCCCCCCC)cc2)no1. The van der Waals surface area contributed by atoms with E-state index < -0.39 is 11.7 Å². The second-order valence-electron chi connectivity index (χ2n) is 12.2. The fraction of sp³-hybridized carbons (Fsp3) is 0.667. The minimum absolute atomic E-state index is 0.117. The van der Waals surface area contributed by atoms with Crippen molar-refractivity contribution in [1.82, 2.24) is 20.4 Å². The Bertz CT molecular complexity index is 1030. The van der Waals surface area contributed by atoms with Crippen molar-refractivity contribution >= 4 is 6.09 Å². The van der Waals surface area contributed by atoms with Crippen molar-refractivity contribution in [2.24, 2.45) is 0 Å². The van der Waals surface area contributed by atoms with E-state index in [1.165, 1.54) is 82.6 Å². The number of ether oxygens (including phenoxy) is 1. The molecular weight excluding hydrogens is 500 g/mol. The van der Waals surface area contributed by atoms with Gasteiger partial charge >= 0.3 is 6.09 Å². The van der Waals surface area contributed by atoms with Gasteiger partial charge in [-0.05, 0) is 52.0 Å². The predicted octanol–water partition coefficient (Wildman–Crippen LogP) is 9.11. The Morgan fingerprint density at radius 3 is 2.20 bits per heavy atom. The van der Waals surface area contributed by atoms with Crippen molar-refractivity contribution in [3.8, 4) is 11.4 Å². The summed E-state index contributed by atoms with van der Waals surface area (Å²) >= 11 is 0. The topological polar surface area (TPSA) is 80.5 Å². The number of carbonyl (C=O) groups is 1. The monoisotopic (exact) mass is 552 g/mol. The highest BCUT2D eigenvalue weighted by Crippen LogP contribution is 2.34. The van der Waals surface area contributed by atoms with Gasteiger partial charge in [-0.3, -0.25) is 5.32 Å². The fourth-order valence-corrected chi connectivity index (χ4v) is 5.32. The van der Waals surface area contributed by atoms with Crippen LogP contribution in [0.3, 0.4) is 0 Å². The van der Waals surface area contributed by atoms with Gasteiger partial charge in [0.1, 0.15) is 17.5 Å². The van der Waals surface area contributed by atoms with Crippen LogP contribution in [0.2, 0.25) is 0 Å². The van der Waals surface area contributed by atoms with Gasteiger partial charge in [-0.25, -0.2) is 4.79 Å². The molecule has 1 aromatic heterocycles. The highest BCUT2D eigenvalue weighted by Gasteiger charge is 2.32. The molecule has 1 atom stereocenters. The third kappa shape index (κ3) is 11.0. The summed E-state index contributed by atoms with van der Waals surface area (Å²) in [5.41, 5.74) is 1.73. The Hall–Kier alpha value is -2.83. The summed E-state index contributed by atoms with van der Waals surface area (Å²) in [5, 5.41) is 6.99. The molecule has 7 nitrogen and oxygen atoms in total. The maximum atomic E-state index is 12.2. The standard InChI is InChI=1S/C33H52N4O3/c1-6-7-8-9-10-11-12-13-14-15-16-17-19-27-21-23-28(24-22-27)30-35-31(40-36-30)29-20-18-25-37(29)26(2)34-32(38)39-33(3,4)5/h21-24,29H,2,6-20,25H2,1,3-5H3,(H,34,38). The smallest absolute Gasteiger partial charge is 0.413 e. The van der Waals surface area contributed by atoms with E-state index in [0.717, 1.165) is 31.4 Å². The van der Waals surface area contributed by atoms with Gasteiger partial charge < -0.3 is 14.2 Å². The number of aromatic nitrogens is 2. The molecule has 1 saturated heterocycles. The van der Waals surface area contributed by atoms with Gasteiger partial charge in [-0.2, -0.15) is 4.98 Å². The fourth-order valence-electron chi connectivity index (χ4n) is 5.32. The van der Waals surface area contributed by atoms with Gasteiger partial charge in [0.25, 0.3) is 0 Å². The number of nitrogens with zero attached hydrogens (tertiary/aromatic N) is 3. The summed E-state index contributed by atoms with van der Waals surface area (Å²) in [4.78, 5) is 18.9. The first-order chi connectivity index (χ1) is 19.3. The second-order valence-corrected chi connectivity index (χ2v) is 12.2. The van der Waals surface area contributed by atoms with E-state index in [-0.39, 0.29) is 6.04 Å². The van der Waals surface area contributed by atoms with E-state index in [2.05, 4.69) is 48.2 Å². The average molecular weight is 553 g/mol. The number of alkyl carbamates (subject to hydrolysis) is 1. The van der Waals surface area contributed by atoms with Crippen LogP contribution >= 0.6 is 0 Å². The number of amides is 1. The van der Waals surface area contributed by atoms with Crippen molar-refractivity contribution in [1.29, 1.82) is 0 Å². The van der Waals surface area contributed by atoms with Gasteiger partial charge in [-0.1, -0.05) is 114 Å². The molecule has 1 aliphatic rings. The summed E-state index contributed by atoms with van der Waals surface area (Å²) in [7, 11) is 0. The molecule has 40 heavy (non-hydrogen) atoms. The van der Waals surface area contributed by atoms with Crippen molar-refractivity contribution in [3.05, 3.63) is 48.1 Å².